The molecule has 1 amide bonds. The minimum Gasteiger partial charge on any atom is -0.494 e. The van der Waals surface area contributed by atoms with Crippen LogP contribution in [0.2, 0.25) is 0 Å². The fourth-order valence-corrected chi connectivity index (χ4v) is 4.19. The number of hydrogen-bond acceptors (Lipinski definition) is 9. The number of carboxylic acid groups (broad SMARTS) is 1. The van der Waals surface area contributed by atoms with E-state index < -0.39 is 6.09 Å². The lowest BCUT2D eigenvalue weighted by Crippen LogP contribution is -2.44. The van der Waals surface area contributed by atoms with Crippen LogP contribution in [0, 0.1) is 0 Å². The minimum atomic E-state index is -1.20. The summed E-state index contributed by atoms with van der Waals surface area (Å²) in [5.74, 6) is 1.67. The smallest absolute Gasteiger partial charge is 0.409 e. The Morgan fingerprint density at radius 3 is 2.62 bits per heavy atom. The summed E-state index contributed by atoms with van der Waals surface area (Å²) in [6, 6.07) is 11.5. The Balaban J connectivity index is 1.49. The van der Waals surface area contributed by atoms with E-state index in [2.05, 4.69) is 42.4 Å². The van der Waals surface area contributed by atoms with Gasteiger partial charge >= 0.3 is 6.09 Å². The number of likely N-dealkylation sites (N-methyl/N-ethyl adjacent to an activating group) is 1. The molecule has 4 heterocycles. The third kappa shape index (κ3) is 5.14. The first kappa shape index (κ1) is 24.0. The lowest BCUT2D eigenvalue weighted by molar-refractivity contribution is 0.210. The second kappa shape index (κ2) is 10.1. The molecule has 1 aromatic carbocycles. The first-order valence-electron chi connectivity index (χ1n) is 11.6. The van der Waals surface area contributed by atoms with Crippen molar-refractivity contribution in [3.8, 4) is 11.4 Å². The highest BCUT2D eigenvalue weighted by molar-refractivity contribution is 5.84. The Morgan fingerprint density at radius 1 is 1.05 bits per heavy atom. The Hall–Kier alpha value is -4.71. The third-order valence-corrected chi connectivity index (χ3v) is 6.13. The number of piperazine rings is 1. The fourth-order valence-electron chi connectivity index (χ4n) is 4.19. The molecule has 190 valence electrons. The monoisotopic (exact) mass is 502 g/mol. The first-order chi connectivity index (χ1) is 17.9. The molecular formula is C25H26N8O4. The van der Waals surface area contributed by atoms with E-state index in [0.29, 0.717) is 33.8 Å². The molecule has 1 aliphatic rings. The van der Waals surface area contributed by atoms with Gasteiger partial charge in [0.25, 0.3) is 5.56 Å². The van der Waals surface area contributed by atoms with Crippen LogP contribution in [0.5, 0.6) is 5.75 Å². The van der Waals surface area contributed by atoms with Crippen molar-refractivity contribution in [3.05, 3.63) is 65.2 Å². The molecule has 0 atom stereocenters. The van der Waals surface area contributed by atoms with Crippen molar-refractivity contribution in [2.75, 3.05) is 55.9 Å². The molecule has 0 aliphatic carbocycles. The van der Waals surface area contributed by atoms with Gasteiger partial charge in [-0.25, -0.2) is 14.8 Å². The first-order valence-corrected chi connectivity index (χ1v) is 11.6. The normalized spacial score (nSPS) is 13.9. The van der Waals surface area contributed by atoms with Gasteiger partial charge in [0.15, 0.2) is 5.65 Å². The van der Waals surface area contributed by atoms with Crippen molar-refractivity contribution in [1.82, 2.24) is 24.4 Å². The topological polar surface area (TPSA) is 138 Å². The summed E-state index contributed by atoms with van der Waals surface area (Å²) in [4.78, 5) is 42.0. The predicted octanol–water partition coefficient (Wildman–Crippen LogP) is 2.77. The van der Waals surface area contributed by atoms with Crippen LogP contribution in [-0.4, -0.2) is 76.0 Å². The Labute approximate surface area is 212 Å². The summed E-state index contributed by atoms with van der Waals surface area (Å²) in [5.41, 5.74) is 1.41. The highest BCUT2D eigenvalue weighted by Gasteiger charge is 2.18. The SMILES string of the molecule is COc1cc(N2CCN(C)CC2)ncc1Nc1ncc2ccc(=O)n(-c3cccc(NC(=O)O)c3)c2n1. The molecule has 3 aromatic heterocycles. The van der Waals surface area contributed by atoms with Crippen molar-refractivity contribution < 1.29 is 14.6 Å². The van der Waals surface area contributed by atoms with Gasteiger partial charge < -0.3 is 25.0 Å². The number of pyridine rings is 2. The van der Waals surface area contributed by atoms with Crippen LogP contribution in [0.1, 0.15) is 0 Å². The number of aromatic nitrogens is 4. The summed E-state index contributed by atoms with van der Waals surface area (Å²) in [5, 5.41) is 15.1. The molecular weight excluding hydrogens is 476 g/mol. The number of methoxy groups -OCH3 is 1. The lowest BCUT2D eigenvalue weighted by atomic mass is 10.2. The largest absolute Gasteiger partial charge is 0.494 e. The maximum Gasteiger partial charge on any atom is 0.409 e. The average molecular weight is 503 g/mol. The maximum absolute atomic E-state index is 12.9. The van der Waals surface area contributed by atoms with E-state index in [0.717, 1.165) is 32.0 Å². The summed E-state index contributed by atoms with van der Waals surface area (Å²) >= 11 is 0. The number of nitrogens with one attached hydrogen (secondary N) is 2. The zero-order chi connectivity index (χ0) is 25.9. The van der Waals surface area contributed by atoms with Crippen molar-refractivity contribution in [2.24, 2.45) is 0 Å². The predicted molar refractivity (Wildman–Crippen MR) is 141 cm³/mol. The van der Waals surface area contributed by atoms with E-state index in [-0.39, 0.29) is 11.5 Å². The minimum absolute atomic E-state index is 0.249. The van der Waals surface area contributed by atoms with Gasteiger partial charge in [0, 0.05) is 55.6 Å². The number of anilines is 4. The molecule has 0 radical (unpaired) electrons. The Morgan fingerprint density at radius 2 is 1.86 bits per heavy atom. The van der Waals surface area contributed by atoms with Gasteiger partial charge in [-0.15, -0.1) is 0 Å². The maximum atomic E-state index is 12.9. The molecule has 5 rings (SSSR count). The van der Waals surface area contributed by atoms with Gasteiger partial charge in [-0.05, 0) is 31.3 Å². The molecule has 37 heavy (non-hydrogen) atoms. The molecule has 0 saturated carbocycles. The highest BCUT2D eigenvalue weighted by atomic mass is 16.5. The Bertz CT molecular complexity index is 1510. The number of nitrogens with zero attached hydrogens (tertiary/aromatic N) is 6. The molecule has 0 bridgehead atoms. The average Bonchev–Trinajstić information content (AvgIpc) is 2.89. The zero-order valence-electron chi connectivity index (χ0n) is 20.4. The van der Waals surface area contributed by atoms with Gasteiger partial charge in [-0.2, -0.15) is 4.98 Å². The number of amides is 1. The Kier molecular flexibility index (Phi) is 6.56. The van der Waals surface area contributed by atoms with E-state index >= 15 is 0 Å². The number of benzene rings is 1. The number of fused-ring (bicyclic) bond motifs is 1. The van der Waals surface area contributed by atoms with Crippen molar-refractivity contribution in [1.29, 1.82) is 0 Å². The van der Waals surface area contributed by atoms with Crippen LogP contribution in [-0.2, 0) is 0 Å². The van der Waals surface area contributed by atoms with E-state index in [1.165, 1.54) is 10.6 Å². The summed E-state index contributed by atoms with van der Waals surface area (Å²) in [7, 11) is 3.69. The third-order valence-electron chi connectivity index (χ3n) is 6.13. The standard InChI is InChI=1S/C25H26N8O4/c1-31-8-10-32(11-9-31)21-13-20(37-2)19(15-26-21)29-24-27-14-16-6-7-22(34)33(23(16)30-24)18-5-3-4-17(12-18)28-25(35)36/h3-7,12-15,28H,8-11H2,1-2H3,(H,35,36)(H,27,29,30). The van der Waals surface area contributed by atoms with Gasteiger partial charge in [0.2, 0.25) is 5.95 Å². The number of rotatable bonds is 6. The highest BCUT2D eigenvalue weighted by Crippen LogP contribution is 2.30. The molecule has 1 fully saturated rings. The van der Waals surface area contributed by atoms with Gasteiger partial charge in [-0.1, -0.05) is 6.07 Å². The van der Waals surface area contributed by atoms with Crippen LogP contribution >= 0.6 is 0 Å². The second-order valence-electron chi connectivity index (χ2n) is 8.62. The van der Waals surface area contributed by atoms with Crippen LogP contribution in [0.15, 0.2) is 59.7 Å². The molecule has 0 spiro atoms. The lowest BCUT2D eigenvalue weighted by Gasteiger charge is -2.33. The van der Waals surface area contributed by atoms with Crippen LogP contribution in [0.25, 0.3) is 16.7 Å². The van der Waals surface area contributed by atoms with Crippen LogP contribution in [0.4, 0.5) is 27.9 Å². The van der Waals surface area contributed by atoms with Crippen LogP contribution < -0.4 is 25.8 Å². The molecule has 3 N–H and O–H groups in total. The van der Waals surface area contributed by atoms with E-state index in [9.17, 15) is 9.59 Å². The van der Waals surface area contributed by atoms with Gasteiger partial charge in [-0.3, -0.25) is 14.7 Å². The number of hydrogen-bond donors (Lipinski definition) is 3. The van der Waals surface area contributed by atoms with E-state index in [1.54, 1.807) is 49.8 Å². The van der Waals surface area contributed by atoms with Crippen molar-refractivity contribution in [2.45, 2.75) is 0 Å². The summed E-state index contributed by atoms with van der Waals surface area (Å²) < 4.78 is 7.01. The molecule has 1 saturated heterocycles. The van der Waals surface area contributed by atoms with Gasteiger partial charge in [0.1, 0.15) is 17.3 Å². The number of ether oxygens (including phenoxy) is 1. The van der Waals surface area contributed by atoms with Gasteiger partial charge in [0.05, 0.1) is 19.0 Å². The molecule has 0 unspecified atom stereocenters. The zero-order valence-corrected chi connectivity index (χ0v) is 20.4. The molecule has 12 heteroatoms. The van der Waals surface area contributed by atoms with E-state index in [4.69, 9.17) is 9.84 Å². The number of carbonyl (C=O) groups is 1. The second-order valence-corrected chi connectivity index (χ2v) is 8.62. The molecule has 12 nitrogen and oxygen atoms in total. The fraction of sp³-hybridized carbons (Fsp3) is 0.240. The van der Waals surface area contributed by atoms with Crippen molar-refractivity contribution in [3.63, 3.8) is 0 Å². The molecule has 1 aliphatic heterocycles. The van der Waals surface area contributed by atoms with Crippen LogP contribution in [0.3, 0.4) is 0 Å². The van der Waals surface area contributed by atoms with Crippen molar-refractivity contribution >= 4 is 40.3 Å². The summed E-state index contributed by atoms with van der Waals surface area (Å²) in [6.07, 6.45) is 2.09. The van der Waals surface area contributed by atoms with E-state index in [1.807, 2.05) is 6.07 Å². The summed E-state index contributed by atoms with van der Waals surface area (Å²) in [6.45, 7) is 3.69. The quantitative estimate of drug-likeness (QED) is 0.361. The molecule has 4 aromatic rings.